The first-order chi connectivity index (χ1) is 29.7. The number of piperazine rings is 1. The SMILES string of the molecule is CC1(C)C(NC(=O)c2ccc(N3CCC(CN4CCN(c5cc6c(cc5F)C(=O)N(C5CCC(=O)NC5=O)C6)CC4)CC3)nc2)C(C)(C)C1Oc1ccc(C#N)c2ncccc12. The second-order valence-corrected chi connectivity index (χ2v) is 18.7. The number of halogens is 1. The van der Waals surface area contributed by atoms with Crippen LogP contribution >= 0.6 is 0 Å². The van der Waals surface area contributed by atoms with E-state index in [-0.39, 0.29) is 65.6 Å². The van der Waals surface area contributed by atoms with Crippen molar-refractivity contribution >= 4 is 46.0 Å². The third kappa shape index (κ3) is 7.37. The highest BCUT2D eigenvalue weighted by molar-refractivity contribution is 6.05. The van der Waals surface area contributed by atoms with Gasteiger partial charge in [-0.3, -0.25) is 34.4 Å². The minimum atomic E-state index is -0.733. The number of nitriles is 1. The Morgan fingerprint density at radius 2 is 1.71 bits per heavy atom. The van der Waals surface area contributed by atoms with Gasteiger partial charge in [-0.15, -0.1) is 0 Å². The highest BCUT2D eigenvalue weighted by atomic mass is 19.1. The standard InChI is InChI=1S/C47H52FN9O5/c1-46(2)44(47(3,4)45(46)62-37-10-7-29(24-49)40-32(37)6-5-15-50-40)53-41(59)30-8-11-38(51-25-30)56-16-13-28(14-17-56)26-54-18-20-55(21-19-54)36-22-31-27-57(43(61)33(31)23-34(36)48)35-9-12-39(58)52-42(35)60/h5-8,10-11,15,22-23,25,28,35,44-45H,9,12-14,16-21,26-27H2,1-4H3,(H,53,59)(H,52,58,60). The van der Waals surface area contributed by atoms with Crippen molar-refractivity contribution in [3.05, 3.63) is 89.0 Å². The molecule has 0 radical (unpaired) electrons. The zero-order valence-electron chi connectivity index (χ0n) is 35.6. The summed E-state index contributed by atoms with van der Waals surface area (Å²) < 4.78 is 22.1. The van der Waals surface area contributed by atoms with Crippen LogP contribution in [-0.2, 0) is 16.1 Å². The van der Waals surface area contributed by atoms with Crippen molar-refractivity contribution in [3.63, 3.8) is 0 Å². The van der Waals surface area contributed by atoms with Crippen molar-refractivity contribution in [3.8, 4) is 11.8 Å². The van der Waals surface area contributed by atoms with Gasteiger partial charge in [-0.1, -0.05) is 27.7 Å². The largest absolute Gasteiger partial charge is 0.488 e. The molecule has 5 aliphatic rings. The number of amides is 4. The molecule has 4 aliphatic heterocycles. The van der Waals surface area contributed by atoms with Crippen molar-refractivity contribution < 1.29 is 28.3 Å². The van der Waals surface area contributed by atoms with E-state index in [0.29, 0.717) is 52.7 Å². The first-order valence-corrected chi connectivity index (χ1v) is 21.6. The van der Waals surface area contributed by atoms with Crippen LogP contribution in [0.1, 0.15) is 85.2 Å². The van der Waals surface area contributed by atoms with Gasteiger partial charge in [-0.25, -0.2) is 9.37 Å². The molecule has 6 heterocycles. The smallest absolute Gasteiger partial charge is 0.255 e. The molecule has 4 aromatic rings. The predicted molar refractivity (Wildman–Crippen MR) is 230 cm³/mol. The summed E-state index contributed by atoms with van der Waals surface area (Å²) in [4.78, 5) is 68.2. The van der Waals surface area contributed by atoms with E-state index < -0.39 is 17.8 Å². The number of carbonyl (C=O) groups excluding carboxylic acids is 4. The number of ether oxygens (including phenoxy) is 1. The van der Waals surface area contributed by atoms with Gasteiger partial charge in [-0.2, -0.15) is 5.26 Å². The van der Waals surface area contributed by atoms with E-state index in [1.165, 1.54) is 11.0 Å². The summed E-state index contributed by atoms with van der Waals surface area (Å²) in [6.45, 7) is 14.3. The monoisotopic (exact) mass is 841 g/mol. The molecule has 62 heavy (non-hydrogen) atoms. The molecule has 1 atom stereocenters. The van der Waals surface area contributed by atoms with Crippen LogP contribution in [0.5, 0.6) is 5.75 Å². The molecule has 14 nitrogen and oxygen atoms in total. The number of hydrogen-bond donors (Lipinski definition) is 2. The number of fused-ring (bicyclic) bond motifs is 2. The molecule has 1 saturated carbocycles. The molecule has 0 spiro atoms. The molecule has 322 valence electrons. The van der Waals surface area contributed by atoms with Crippen molar-refractivity contribution in [2.45, 2.75) is 78.1 Å². The summed E-state index contributed by atoms with van der Waals surface area (Å²) in [5.41, 5.74) is 2.30. The van der Waals surface area contributed by atoms with Crippen LogP contribution in [-0.4, -0.2) is 107 Å². The highest BCUT2D eigenvalue weighted by Crippen LogP contribution is 2.56. The number of hydrogen-bond acceptors (Lipinski definition) is 11. The molecule has 1 aliphatic carbocycles. The zero-order valence-corrected chi connectivity index (χ0v) is 35.6. The third-order valence-corrected chi connectivity index (χ3v) is 14.0. The minimum absolute atomic E-state index is 0.163. The Balaban J connectivity index is 0.741. The molecule has 3 saturated heterocycles. The summed E-state index contributed by atoms with van der Waals surface area (Å²) in [5, 5.41) is 16.0. The van der Waals surface area contributed by atoms with Gasteiger partial charge < -0.3 is 24.8 Å². The Bertz CT molecular complexity index is 2470. The van der Waals surface area contributed by atoms with E-state index in [1.807, 2.05) is 35.2 Å². The average molecular weight is 842 g/mol. The van der Waals surface area contributed by atoms with E-state index in [1.54, 1.807) is 24.5 Å². The second-order valence-electron chi connectivity index (χ2n) is 18.7. The Hall–Kier alpha value is -6.14. The number of benzene rings is 2. The number of nitrogens with zero attached hydrogens (tertiary/aromatic N) is 7. The molecule has 2 aromatic carbocycles. The molecule has 1 unspecified atom stereocenters. The summed E-state index contributed by atoms with van der Waals surface area (Å²) in [6.07, 6.45) is 5.60. The Kier molecular flexibility index (Phi) is 10.6. The lowest BCUT2D eigenvalue weighted by Crippen LogP contribution is -2.74. The molecule has 15 heteroatoms. The number of piperidine rings is 2. The van der Waals surface area contributed by atoms with Crippen LogP contribution in [0.15, 0.2) is 60.9 Å². The Morgan fingerprint density at radius 1 is 0.952 bits per heavy atom. The fraction of sp³-hybridized carbons (Fsp3) is 0.468. The van der Waals surface area contributed by atoms with E-state index >= 15 is 4.39 Å². The van der Waals surface area contributed by atoms with Crippen LogP contribution in [0.2, 0.25) is 0 Å². The van der Waals surface area contributed by atoms with Crippen LogP contribution in [0.3, 0.4) is 0 Å². The molecule has 4 amide bonds. The fourth-order valence-corrected chi connectivity index (χ4v) is 10.9. The lowest BCUT2D eigenvalue weighted by atomic mass is 9.49. The normalized spacial score (nSPS) is 23.7. The quantitative estimate of drug-likeness (QED) is 0.217. The molecule has 2 aromatic heterocycles. The molecule has 4 fully saturated rings. The Labute approximate surface area is 360 Å². The van der Waals surface area contributed by atoms with Crippen LogP contribution in [0.4, 0.5) is 15.9 Å². The maximum absolute atomic E-state index is 15.5. The second kappa shape index (κ2) is 16.0. The number of rotatable bonds is 9. The molecule has 2 N–H and O–H groups in total. The van der Waals surface area contributed by atoms with Gasteiger partial charge in [0.15, 0.2) is 0 Å². The van der Waals surface area contributed by atoms with Crippen LogP contribution < -0.4 is 25.2 Å². The zero-order chi connectivity index (χ0) is 43.5. The van der Waals surface area contributed by atoms with E-state index in [4.69, 9.17) is 9.72 Å². The van der Waals surface area contributed by atoms with Crippen molar-refractivity contribution in [2.24, 2.45) is 16.7 Å². The van der Waals surface area contributed by atoms with Gasteiger partial charge in [0.1, 0.15) is 35.6 Å². The number of carbonyl (C=O) groups is 4. The van der Waals surface area contributed by atoms with Gasteiger partial charge in [-0.05, 0) is 79.3 Å². The fourth-order valence-electron chi connectivity index (χ4n) is 10.9. The predicted octanol–water partition coefficient (Wildman–Crippen LogP) is 5.05. The average Bonchev–Trinajstić information content (AvgIpc) is 3.58. The van der Waals surface area contributed by atoms with Crippen LogP contribution in [0.25, 0.3) is 10.9 Å². The summed E-state index contributed by atoms with van der Waals surface area (Å²) in [6, 6.07) is 15.5. The van der Waals surface area contributed by atoms with Gasteiger partial charge >= 0.3 is 0 Å². The lowest BCUT2D eigenvalue weighted by Gasteiger charge is -2.63. The topological polar surface area (TPSA) is 164 Å². The van der Waals surface area contributed by atoms with E-state index in [0.717, 1.165) is 56.8 Å². The van der Waals surface area contributed by atoms with Gasteiger partial charge in [0, 0.05) is 99.0 Å². The third-order valence-electron chi connectivity index (χ3n) is 14.0. The molecule has 9 rings (SSSR count). The summed E-state index contributed by atoms with van der Waals surface area (Å²) in [7, 11) is 0. The van der Waals surface area contributed by atoms with Gasteiger partial charge in [0.05, 0.1) is 22.3 Å². The summed E-state index contributed by atoms with van der Waals surface area (Å²) >= 11 is 0. The maximum Gasteiger partial charge on any atom is 0.255 e. The summed E-state index contributed by atoms with van der Waals surface area (Å²) in [5.74, 6) is 0.237. The number of pyridine rings is 2. The van der Waals surface area contributed by atoms with Gasteiger partial charge in [0.25, 0.3) is 11.8 Å². The number of imide groups is 1. The number of nitrogens with one attached hydrogen (secondary N) is 2. The lowest BCUT2D eigenvalue weighted by molar-refractivity contribution is -0.163. The maximum atomic E-state index is 15.5. The molecular formula is C47H52FN9O5. The van der Waals surface area contributed by atoms with E-state index in [2.05, 4.69) is 59.2 Å². The molecule has 0 bridgehead atoms. The van der Waals surface area contributed by atoms with E-state index in [9.17, 15) is 24.4 Å². The Morgan fingerprint density at radius 3 is 2.40 bits per heavy atom. The van der Waals surface area contributed by atoms with Crippen molar-refractivity contribution in [2.75, 3.05) is 55.6 Å². The van der Waals surface area contributed by atoms with Crippen molar-refractivity contribution in [1.29, 1.82) is 5.26 Å². The van der Waals surface area contributed by atoms with Crippen molar-refractivity contribution in [1.82, 2.24) is 30.4 Å². The number of aromatic nitrogens is 2. The highest BCUT2D eigenvalue weighted by Gasteiger charge is 2.64. The minimum Gasteiger partial charge on any atom is -0.488 e. The van der Waals surface area contributed by atoms with Gasteiger partial charge in [0.2, 0.25) is 11.8 Å². The first kappa shape index (κ1) is 41.2. The molecular weight excluding hydrogens is 790 g/mol. The van der Waals surface area contributed by atoms with Crippen LogP contribution in [0, 0.1) is 33.9 Å². The number of anilines is 2. The first-order valence-electron chi connectivity index (χ1n) is 21.6.